The standard InChI is InChI=1S/C22H25ClN6O2.ClH/c1-14-24-21(28-10-8-27(9-11-28)15(2)30)19-22(25-14)29(16-7-12-31-13-16)20(26-19)17-5-3-4-6-18(17)23;/h3-6,16H,7-13H2,1-2H3;1H/t16-;/m0./s1. The Balaban J connectivity index is 0.00000245. The molecule has 5 rings (SSSR count). The van der Waals surface area contributed by atoms with Crippen molar-refractivity contribution in [2.45, 2.75) is 26.3 Å². The fourth-order valence-corrected chi connectivity index (χ4v) is 4.64. The van der Waals surface area contributed by atoms with Crippen LogP contribution in [0.2, 0.25) is 5.02 Å². The lowest BCUT2D eigenvalue weighted by Crippen LogP contribution is -2.48. The zero-order valence-electron chi connectivity index (χ0n) is 18.1. The first-order chi connectivity index (χ1) is 15.0. The van der Waals surface area contributed by atoms with Crippen molar-refractivity contribution >= 4 is 46.9 Å². The Bertz CT molecular complexity index is 1140. The molecule has 0 spiro atoms. The molecule has 2 saturated heterocycles. The molecule has 8 nitrogen and oxygen atoms in total. The summed E-state index contributed by atoms with van der Waals surface area (Å²) in [5.41, 5.74) is 2.45. The van der Waals surface area contributed by atoms with E-state index in [0.717, 1.165) is 41.4 Å². The van der Waals surface area contributed by atoms with E-state index < -0.39 is 0 Å². The van der Waals surface area contributed by atoms with E-state index in [9.17, 15) is 4.79 Å². The summed E-state index contributed by atoms with van der Waals surface area (Å²) in [6.07, 6.45) is 0.901. The molecule has 32 heavy (non-hydrogen) atoms. The van der Waals surface area contributed by atoms with Gasteiger partial charge < -0.3 is 19.1 Å². The van der Waals surface area contributed by atoms with E-state index in [1.165, 1.54) is 0 Å². The molecular formula is C22H26Cl2N6O2. The van der Waals surface area contributed by atoms with Crippen molar-refractivity contribution in [3.05, 3.63) is 35.1 Å². The summed E-state index contributed by atoms with van der Waals surface area (Å²) in [7, 11) is 0. The van der Waals surface area contributed by atoms with Crippen LogP contribution in [0.4, 0.5) is 5.82 Å². The fourth-order valence-electron chi connectivity index (χ4n) is 4.42. The Morgan fingerprint density at radius 3 is 2.53 bits per heavy atom. The molecule has 2 aliphatic heterocycles. The number of aryl methyl sites for hydroxylation is 1. The van der Waals surface area contributed by atoms with Crippen LogP contribution in [0.1, 0.15) is 25.2 Å². The Labute approximate surface area is 198 Å². The van der Waals surface area contributed by atoms with Crippen molar-refractivity contribution in [1.82, 2.24) is 24.4 Å². The van der Waals surface area contributed by atoms with Gasteiger partial charge in [-0.3, -0.25) is 4.79 Å². The van der Waals surface area contributed by atoms with Gasteiger partial charge in [-0.15, -0.1) is 12.4 Å². The number of nitrogens with zero attached hydrogens (tertiary/aromatic N) is 6. The molecule has 3 aromatic rings. The van der Waals surface area contributed by atoms with E-state index in [2.05, 4.69) is 9.47 Å². The zero-order chi connectivity index (χ0) is 21.5. The predicted molar refractivity (Wildman–Crippen MR) is 127 cm³/mol. The van der Waals surface area contributed by atoms with Gasteiger partial charge in [0.05, 0.1) is 17.7 Å². The van der Waals surface area contributed by atoms with Gasteiger partial charge >= 0.3 is 0 Å². The third-order valence-corrected chi connectivity index (χ3v) is 6.37. The lowest BCUT2D eigenvalue weighted by Gasteiger charge is -2.35. The number of piperazine rings is 1. The molecule has 10 heteroatoms. The molecule has 2 fully saturated rings. The molecule has 0 N–H and O–H groups in total. The van der Waals surface area contributed by atoms with E-state index in [1.54, 1.807) is 6.92 Å². The fraction of sp³-hybridized carbons (Fsp3) is 0.455. The van der Waals surface area contributed by atoms with Crippen molar-refractivity contribution < 1.29 is 9.53 Å². The quantitative estimate of drug-likeness (QED) is 0.575. The number of anilines is 1. The third-order valence-electron chi connectivity index (χ3n) is 6.04. The Kier molecular flexibility index (Phi) is 6.55. The summed E-state index contributed by atoms with van der Waals surface area (Å²) in [6, 6.07) is 7.90. The lowest BCUT2D eigenvalue weighted by atomic mass is 10.2. The molecule has 0 unspecified atom stereocenters. The SMILES string of the molecule is CC(=O)N1CCN(c2nc(C)nc3c2nc(-c2ccccc2Cl)n3[C@H]2CCOC2)CC1.Cl. The maximum absolute atomic E-state index is 11.7. The summed E-state index contributed by atoms with van der Waals surface area (Å²) in [5.74, 6) is 2.41. The minimum atomic E-state index is 0. The number of halogens is 2. The second-order valence-electron chi connectivity index (χ2n) is 8.06. The van der Waals surface area contributed by atoms with Gasteiger partial charge in [0, 0.05) is 45.3 Å². The molecule has 1 amide bonds. The highest BCUT2D eigenvalue weighted by Gasteiger charge is 2.29. The van der Waals surface area contributed by atoms with E-state index in [4.69, 9.17) is 31.3 Å². The third kappa shape index (κ3) is 4.02. The highest BCUT2D eigenvalue weighted by molar-refractivity contribution is 6.33. The van der Waals surface area contributed by atoms with Crippen molar-refractivity contribution in [3.8, 4) is 11.4 Å². The smallest absolute Gasteiger partial charge is 0.219 e. The van der Waals surface area contributed by atoms with E-state index in [0.29, 0.717) is 43.6 Å². The van der Waals surface area contributed by atoms with Gasteiger partial charge in [0.1, 0.15) is 11.6 Å². The number of hydrogen-bond acceptors (Lipinski definition) is 6. The number of imidazole rings is 1. The largest absolute Gasteiger partial charge is 0.379 e. The number of fused-ring (bicyclic) bond motifs is 1. The normalized spacial score (nSPS) is 18.8. The maximum Gasteiger partial charge on any atom is 0.219 e. The number of benzene rings is 1. The van der Waals surface area contributed by atoms with Gasteiger partial charge in [-0.1, -0.05) is 23.7 Å². The second kappa shape index (κ2) is 9.21. The molecule has 4 heterocycles. The molecule has 2 aromatic heterocycles. The number of ether oxygens (including phenoxy) is 1. The van der Waals surface area contributed by atoms with Crippen LogP contribution in [0.5, 0.6) is 0 Å². The van der Waals surface area contributed by atoms with Gasteiger partial charge in [-0.05, 0) is 25.5 Å². The summed E-state index contributed by atoms with van der Waals surface area (Å²) in [5, 5.41) is 0.652. The first kappa shape index (κ1) is 22.8. The number of carbonyl (C=O) groups is 1. The van der Waals surface area contributed by atoms with Gasteiger partial charge in [-0.2, -0.15) is 0 Å². The van der Waals surface area contributed by atoms with Crippen molar-refractivity contribution in [2.24, 2.45) is 0 Å². The highest BCUT2D eigenvalue weighted by atomic mass is 35.5. The van der Waals surface area contributed by atoms with Crippen LogP contribution in [-0.4, -0.2) is 69.7 Å². The summed E-state index contributed by atoms with van der Waals surface area (Å²) in [4.78, 5) is 30.4. The van der Waals surface area contributed by atoms with Crippen LogP contribution in [0.15, 0.2) is 24.3 Å². The molecule has 2 aliphatic rings. The molecule has 1 aromatic carbocycles. The van der Waals surface area contributed by atoms with Gasteiger partial charge in [0.25, 0.3) is 0 Å². The molecule has 170 valence electrons. The summed E-state index contributed by atoms with van der Waals surface area (Å²) < 4.78 is 7.86. The number of aromatic nitrogens is 4. The molecule has 0 aliphatic carbocycles. The van der Waals surface area contributed by atoms with Crippen LogP contribution < -0.4 is 4.90 Å². The topological polar surface area (TPSA) is 76.4 Å². The highest BCUT2D eigenvalue weighted by Crippen LogP contribution is 2.36. The summed E-state index contributed by atoms with van der Waals surface area (Å²) >= 11 is 6.56. The van der Waals surface area contributed by atoms with Crippen LogP contribution in [0.3, 0.4) is 0 Å². The number of rotatable bonds is 3. The molecule has 0 radical (unpaired) electrons. The number of amides is 1. The van der Waals surface area contributed by atoms with Crippen molar-refractivity contribution in [3.63, 3.8) is 0 Å². The van der Waals surface area contributed by atoms with Crippen LogP contribution in [0, 0.1) is 6.92 Å². The average molecular weight is 477 g/mol. The molecular weight excluding hydrogens is 451 g/mol. The zero-order valence-corrected chi connectivity index (χ0v) is 19.7. The molecule has 0 saturated carbocycles. The van der Waals surface area contributed by atoms with Gasteiger partial charge in [-0.25, -0.2) is 15.0 Å². The van der Waals surface area contributed by atoms with Crippen molar-refractivity contribution in [2.75, 3.05) is 44.3 Å². The lowest BCUT2D eigenvalue weighted by molar-refractivity contribution is -0.129. The Hall–Kier alpha value is -2.42. The summed E-state index contributed by atoms with van der Waals surface area (Å²) in [6.45, 7) is 7.64. The van der Waals surface area contributed by atoms with Gasteiger partial charge in [0.2, 0.25) is 5.91 Å². The first-order valence-corrected chi connectivity index (χ1v) is 11.0. The predicted octanol–water partition coefficient (Wildman–Crippen LogP) is 3.51. The molecule has 1 atom stereocenters. The van der Waals surface area contributed by atoms with Crippen LogP contribution in [0.25, 0.3) is 22.6 Å². The van der Waals surface area contributed by atoms with E-state index in [1.807, 2.05) is 36.1 Å². The van der Waals surface area contributed by atoms with Gasteiger partial charge in [0.15, 0.2) is 17.0 Å². The minimum Gasteiger partial charge on any atom is -0.379 e. The monoisotopic (exact) mass is 476 g/mol. The number of hydrogen-bond donors (Lipinski definition) is 0. The maximum atomic E-state index is 11.7. The van der Waals surface area contributed by atoms with E-state index in [-0.39, 0.29) is 24.4 Å². The van der Waals surface area contributed by atoms with E-state index >= 15 is 0 Å². The van der Waals surface area contributed by atoms with Crippen LogP contribution in [-0.2, 0) is 9.53 Å². The molecule has 0 bridgehead atoms. The van der Waals surface area contributed by atoms with Crippen LogP contribution >= 0.6 is 24.0 Å². The second-order valence-corrected chi connectivity index (χ2v) is 8.47. The number of carbonyl (C=O) groups excluding carboxylic acids is 1. The first-order valence-electron chi connectivity index (χ1n) is 10.6. The van der Waals surface area contributed by atoms with Crippen molar-refractivity contribution in [1.29, 1.82) is 0 Å². The minimum absolute atomic E-state index is 0. The average Bonchev–Trinajstić information content (AvgIpc) is 3.41. The Morgan fingerprint density at radius 1 is 1.12 bits per heavy atom. The Morgan fingerprint density at radius 2 is 1.88 bits per heavy atom.